The average molecular weight is 360 g/mol. The number of rotatable bonds is 13. The Bertz CT molecular complexity index is 362. The number of carboxylic acid groups (broad SMARTS) is 1. The van der Waals surface area contributed by atoms with Gasteiger partial charge in [-0.2, -0.15) is 0 Å². The minimum Gasteiger partial charge on any atom is -0.481 e. The molecule has 5 atom stereocenters. The van der Waals surface area contributed by atoms with E-state index >= 15 is 0 Å². The molecule has 25 heavy (non-hydrogen) atoms. The van der Waals surface area contributed by atoms with Gasteiger partial charge in [0.15, 0.2) is 6.29 Å². The summed E-state index contributed by atoms with van der Waals surface area (Å²) < 4.78 is 24.0. The van der Waals surface area contributed by atoms with Crippen molar-refractivity contribution in [3.05, 3.63) is 0 Å². The van der Waals surface area contributed by atoms with Crippen LogP contribution in [0.4, 0.5) is 0 Å². The Balaban J connectivity index is 2.58. The molecule has 1 aliphatic heterocycles. The number of unbranched alkanes of at least 4 members (excludes halogenated alkanes) is 2. The topological polar surface area (TPSA) is 74.2 Å². The number of ether oxygens (including phenoxy) is 4. The monoisotopic (exact) mass is 360 g/mol. The van der Waals surface area contributed by atoms with Gasteiger partial charge < -0.3 is 24.1 Å². The molecule has 0 amide bonds. The van der Waals surface area contributed by atoms with Crippen LogP contribution in [0.5, 0.6) is 0 Å². The highest BCUT2D eigenvalue weighted by atomic mass is 16.7. The third-order valence-electron chi connectivity index (χ3n) is 4.43. The van der Waals surface area contributed by atoms with Crippen molar-refractivity contribution >= 4 is 5.97 Å². The van der Waals surface area contributed by atoms with Crippen LogP contribution in [0, 0.1) is 0 Å². The second-order valence-corrected chi connectivity index (χ2v) is 6.85. The van der Waals surface area contributed by atoms with E-state index in [0.717, 1.165) is 38.7 Å². The summed E-state index contributed by atoms with van der Waals surface area (Å²) in [6, 6.07) is 0. The molecule has 0 saturated carbocycles. The number of carbonyl (C=O) groups is 1. The van der Waals surface area contributed by atoms with Gasteiger partial charge in [-0.25, -0.2) is 0 Å². The van der Waals surface area contributed by atoms with E-state index in [1.165, 1.54) is 0 Å². The Labute approximate surface area is 152 Å². The average Bonchev–Trinajstić information content (AvgIpc) is 2.56. The Morgan fingerprint density at radius 2 is 1.76 bits per heavy atom. The van der Waals surface area contributed by atoms with Gasteiger partial charge in [-0.1, -0.05) is 26.7 Å². The van der Waals surface area contributed by atoms with Crippen LogP contribution in [0.15, 0.2) is 0 Å². The summed E-state index contributed by atoms with van der Waals surface area (Å²) >= 11 is 0. The minimum absolute atomic E-state index is 0.00681. The van der Waals surface area contributed by atoms with E-state index < -0.39 is 12.3 Å². The molecule has 0 aliphatic carbocycles. The molecule has 1 rings (SSSR count). The molecule has 0 aromatic carbocycles. The van der Waals surface area contributed by atoms with Gasteiger partial charge in [0.1, 0.15) is 6.10 Å². The highest BCUT2D eigenvalue weighted by Gasteiger charge is 2.38. The summed E-state index contributed by atoms with van der Waals surface area (Å²) in [5.41, 5.74) is 0. The smallest absolute Gasteiger partial charge is 0.303 e. The molecule has 1 saturated heterocycles. The first-order valence-corrected chi connectivity index (χ1v) is 9.73. The lowest BCUT2D eigenvalue weighted by Gasteiger charge is -2.40. The molecule has 0 aromatic heterocycles. The fourth-order valence-electron chi connectivity index (χ4n) is 2.77. The molecular formula is C19H36O6. The number of carboxylic acids is 1. The van der Waals surface area contributed by atoms with E-state index in [2.05, 4.69) is 13.8 Å². The first-order valence-electron chi connectivity index (χ1n) is 9.73. The van der Waals surface area contributed by atoms with Gasteiger partial charge in [-0.15, -0.1) is 0 Å². The van der Waals surface area contributed by atoms with Crippen LogP contribution in [0.1, 0.15) is 72.6 Å². The van der Waals surface area contributed by atoms with Crippen molar-refractivity contribution in [2.24, 2.45) is 0 Å². The van der Waals surface area contributed by atoms with Gasteiger partial charge in [0.25, 0.3) is 0 Å². The molecule has 0 bridgehead atoms. The van der Waals surface area contributed by atoms with Gasteiger partial charge in [0.05, 0.1) is 18.3 Å². The van der Waals surface area contributed by atoms with Crippen LogP contribution in [-0.4, -0.2) is 55.0 Å². The lowest BCUT2D eigenvalue weighted by molar-refractivity contribution is -0.287. The lowest BCUT2D eigenvalue weighted by Crippen LogP contribution is -2.50. The van der Waals surface area contributed by atoms with E-state index in [9.17, 15) is 4.79 Å². The van der Waals surface area contributed by atoms with Gasteiger partial charge in [0.2, 0.25) is 0 Å². The van der Waals surface area contributed by atoms with Gasteiger partial charge in [0, 0.05) is 26.1 Å². The zero-order chi connectivity index (χ0) is 18.7. The SMILES string of the molecule is CCCCO[C@H]1C[C@@H](OCCCC)[C@@H](O[C@H](C)CCC(=O)O)OC1C. The normalized spacial score (nSPS) is 28.0. The van der Waals surface area contributed by atoms with E-state index in [1.807, 2.05) is 13.8 Å². The Morgan fingerprint density at radius 1 is 1.16 bits per heavy atom. The van der Waals surface area contributed by atoms with Crippen molar-refractivity contribution in [1.29, 1.82) is 0 Å². The van der Waals surface area contributed by atoms with E-state index in [0.29, 0.717) is 13.0 Å². The number of hydrogen-bond donors (Lipinski definition) is 1. The highest BCUT2D eigenvalue weighted by molar-refractivity contribution is 5.66. The van der Waals surface area contributed by atoms with Crippen LogP contribution >= 0.6 is 0 Å². The maximum absolute atomic E-state index is 10.7. The third-order valence-corrected chi connectivity index (χ3v) is 4.43. The molecule has 6 nitrogen and oxygen atoms in total. The predicted octanol–water partition coefficient (Wildman–Crippen LogP) is 3.76. The van der Waals surface area contributed by atoms with Crippen molar-refractivity contribution in [2.45, 2.75) is 103 Å². The fourth-order valence-corrected chi connectivity index (χ4v) is 2.77. The fraction of sp³-hybridized carbons (Fsp3) is 0.947. The maximum atomic E-state index is 10.7. The Morgan fingerprint density at radius 3 is 2.32 bits per heavy atom. The molecule has 1 N–H and O–H groups in total. The summed E-state index contributed by atoms with van der Waals surface area (Å²) in [6.45, 7) is 9.55. The maximum Gasteiger partial charge on any atom is 0.303 e. The van der Waals surface area contributed by atoms with E-state index in [-0.39, 0.29) is 30.8 Å². The third kappa shape index (κ3) is 8.99. The van der Waals surface area contributed by atoms with Gasteiger partial charge in [-0.3, -0.25) is 4.79 Å². The quantitative estimate of drug-likeness (QED) is 0.504. The molecule has 1 heterocycles. The molecule has 148 valence electrons. The second-order valence-electron chi connectivity index (χ2n) is 6.85. The summed E-state index contributed by atoms with van der Waals surface area (Å²) in [4.78, 5) is 10.7. The zero-order valence-corrected chi connectivity index (χ0v) is 16.2. The molecule has 1 unspecified atom stereocenters. The molecule has 0 radical (unpaired) electrons. The van der Waals surface area contributed by atoms with Crippen molar-refractivity contribution in [3.8, 4) is 0 Å². The molecule has 0 spiro atoms. The zero-order valence-electron chi connectivity index (χ0n) is 16.2. The van der Waals surface area contributed by atoms with Crippen LogP contribution in [0.3, 0.4) is 0 Å². The summed E-state index contributed by atoms with van der Waals surface area (Å²) in [5.74, 6) is -0.812. The van der Waals surface area contributed by atoms with Crippen LogP contribution in [0.25, 0.3) is 0 Å². The van der Waals surface area contributed by atoms with Crippen LogP contribution in [0.2, 0.25) is 0 Å². The van der Waals surface area contributed by atoms with Crippen LogP contribution < -0.4 is 0 Å². The lowest BCUT2D eigenvalue weighted by atomic mass is 10.0. The van der Waals surface area contributed by atoms with Crippen molar-refractivity contribution < 1.29 is 28.8 Å². The number of aliphatic carboxylic acids is 1. The van der Waals surface area contributed by atoms with Gasteiger partial charge >= 0.3 is 5.97 Å². The summed E-state index contributed by atoms with van der Waals surface area (Å²) in [6.07, 6.45) is 4.59. The molecule has 6 heteroatoms. The van der Waals surface area contributed by atoms with Crippen molar-refractivity contribution in [2.75, 3.05) is 13.2 Å². The van der Waals surface area contributed by atoms with Gasteiger partial charge in [-0.05, 0) is 33.1 Å². The largest absolute Gasteiger partial charge is 0.481 e. The molecular weight excluding hydrogens is 324 g/mol. The highest BCUT2D eigenvalue weighted by Crippen LogP contribution is 2.27. The van der Waals surface area contributed by atoms with E-state index in [1.54, 1.807) is 0 Å². The summed E-state index contributed by atoms with van der Waals surface area (Å²) in [7, 11) is 0. The molecule has 0 aromatic rings. The first-order chi connectivity index (χ1) is 12.0. The van der Waals surface area contributed by atoms with Crippen molar-refractivity contribution in [1.82, 2.24) is 0 Å². The molecule has 1 fully saturated rings. The number of hydrogen-bond acceptors (Lipinski definition) is 5. The predicted molar refractivity (Wildman–Crippen MR) is 95.7 cm³/mol. The van der Waals surface area contributed by atoms with Crippen molar-refractivity contribution in [3.63, 3.8) is 0 Å². The summed E-state index contributed by atoms with van der Waals surface area (Å²) in [5, 5.41) is 8.81. The first kappa shape index (κ1) is 22.4. The second kappa shape index (κ2) is 12.6. The minimum atomic E-state index is -0.812. The van der Waals surface area contributed by atoms with Crippen LogP contribution in [-0.2, 0) is 23.7 Å². The Hall–Kier alpha value is -0.690. The molecule has 1 aliphatic rings. The Kier molecular flexibility index (Phi) is 11.3. The van der Waals surface area contributed by atoms with E-state index in [4.69, 9.17) is 24.1 Å². The standard InChI is InChI=1S/C19H36O6/c1-5-7-11-22-16-13-17(23-12-8-6-2)19(25-15(16)4)24-14(3)9-10-18(20)21/h14-17,19H,5-13H2,1-4H3,(H,20,21)/t14-,15?,16+,17-,19+/m1/s1.